The maximum atomic E-state index is 11.5. The van der Waals surface area contributed by atoms with Crippen LogP contribution in [0.2, 0.25) is 0 Å². The van der Waals surface area contributed by atoms with Gasteiger partial charge in [0.2, 0.25) is 5.88 Å². The summed E-state index contributed by atoms with van der Waals surface area (Å²) in [5.41, 5.74) is 2.61. The Morgan fingerprint density at radius 3 is 2.68 bits per heavy atom. The second-order valence-electron chi connectivity index (χ2n) is 10.9. The second kappa shape index (κ2) is 10.3. The van der Waals surface area contributed by atoms with Crippen molar-refractivity contribution in [3.8, 4) is 17.4 Å². The van der Waals surface area contributed by atoms with E-state index in [0.717, 1.165) is 66.4 Å². The molecule has 0 saturated carbocycles. The zero-order chi connectivity index (χ0) is 28.1. The van der Waals surface area contributed by atoms with Gasteiger partial charge in [-0.3, -0.25) is 4.90 Å². The highest BCUT2D eigenvalue weighted by Gasteiger charge is 2.42. The summed E-state index contributed by atoms with van der Waals surface area (Å²) in [4.78, 5) is 19.9. The fraction of sp³-hybridized carbons (Fsp3) is 0.448. The van der Waals surface area contributed by atoms with Gasteiger partial charge >= 0.3 is 5.97 Å². The van der Waals surface area contributed by atoms with Crippen molar-refractivity contribution in [1.29, 1.82) is 0 Å². The number of piperidine rings is 1. The standard InChI is InChI=1S/C29H31N5O6S/c1-29(23-6-7-25(37-2)32-31-23)39-21-5-3-4-19(26(21)40-29)17-8-11-33(12-9-17)16-24-30-27-20(14-22(41-27)28(35)36)34(24)15-18-10-13-38-18/h3-7,14,17-18H,8-13,15-16H2,1-2H3,(H,35,36)/t18-,29+/m0/s1. The lowest BCUT2D eigenvalue weighted by Crippen LogP contribution is -2.35. The fourth-order valence-corrected chi connectivity index (χ4v) is 6.76. The van der Waals surface area contributed by atoms with Crippen LogP contribution in [-0.4, -0.2) is 68.6 Å². The lowest BCUT2D eigenvalue weighted by molar-refractivity contribution is -0.0730. The van der Waals surface area contributed by atoms with Crippen molar-refractivity contribution in [2.45, 2.75) is 57.1 Å². The molecule has 0 aliphatic carbocycles. The Balaban J connectivity index is 1.05. The molecule has 3 aromatic heterocycles. The van der Waals surface area contributed by atoms with E-state index in [0.29, 0.717) is 41.2 Å². The maximum Gasteiger partial charge on any atom is 0.346 e. The van der Waals surface area contributed by atoms with Gasteiger partial charge in [0.25, 0.3) is 5.79 Å². The first-order valence-corrected chi connectivity index (χ1v) is 14.7. The molecule has 41 heavy (non-hydrogen) atoms. The molecule has 11 nitrogen and oxygen atoms in total. The first-order valence-electron chi connectivity index (χ1n) is 13.9. The smallest absolute Gasteiger partial charge is 0.346 e. The minimum absolute atomic E-state index is 0.155. The molecular weight excluding hydrogens is 546 g/mol. The number of ether oxygens (including phenoxy) is 4. The highest BCUT2D eigenvalue weighted by Crippen LogP contribution is 2.49. The summed E-state index contributed by atoms with van der Waals surface area (Å²) in [6.45, 7) is 5.87. The van der Waals surface area contributed by atoms with Crippen molar-refractivity contribution < 1.29 is 28.8 Å². The van der Waals surface area contributed by atoms with Crippen LogP contribution in [0.25, 0.3) is 10.3 Å². The van der Waals surface area contributed by atoms with Crippen LogP contribution in [0.15, 0.2) is 36.4 Å². The summed E-state index contributed by atoms with van der Waals surface area (Å²) in [6.07, 6.45) is 3.12. The summed E-state index contributed by atoms with van der Waals surface area (Å²) in [7, 11) is 1.55. The zero-order valence-corrected chi connectivity index (χ0v) is 23.7. The highest BCUT2D eigenvalue weighted by molar-refractivity contribution is 7.20. The molecule has 4 aromatic rings. The number of nitrogens with zero attached hydrogens (tertiary/aromatic N) is 5. The monoisotopic (exact) mass is 577 g/mol. The average molecular weight is 578 g/mol. The van der Waals surface area contributed by atoms with Crippen molar-refractivity contribution in [2.24, 2.45) is 0 Å². The Bertz CT molecular complexity index is 1590. The Morgan fingerprint density at radius 1 is 1.17 bits per heavy atom. The topological polar surface area (TPSA) is 121 Å². The number of aromatic nitrogens is 4. The highest BCUT2D eigenvalue weighted by atomic mass is 32.1. The number of likely N-dealkylation sites (tertiary alicyclic amines) is 1. The molecule has 0 unspecified atom stereocenters. The minimum Gasteiger partial charge on any atom is -0.480 e. The van der Waals surface area contributed by atoms with Gasteiger partial charge in [-0.2, -0.15) is 0 Å². The number of carboxylic acids is 1. The van der Waals surface area contributed by atoms with E-state index in [1.165, 1.54) is 11.3 Å². The average Bonchev–Trinajstić information content (AvgIpc) is 3.62. The number of thiophene rings is 1. The van der Waals surface area contributed by atoms with Gasteiger partial charge in [-0.15, -0.1) is 21.5 Å². The molecule has 2 fully saturated rings. The van der Waals surface area contributed by atoms with Crippen molar-refractivity contribution in [1.82, 2.24) is 24.6 Å². The van der Waals surface area contributed by atoms with Gasteiger partial charge < -0.3 is 28.6 Å². The zero-order valence-electron chi connectivity index (χ0n) is 22.9. The molecule has 2 atom stereocenters. The third kappa shape index (κ3) is 4.79. The normalized spacial score (nSPS) is 22.6. The molecular formula is C29H31N5O6S. The Hall–Kier alpha value is -3.74. The Morgan fingerprint density at radius 2 is 2.00 bits per heavy atom. The van der Waals surface area contributed by atoms with Gasteiger partial charge in [-0.05, 0) is 56.5 Å². The molecule has 2 saturated heterocycles. The number of para-hydroxylation sites is 1. The molecule has 6 heterocycles. The van der Waals surface area contributed by atoms with Crippen LogP contribution in [0.5, 0.6) is 17.4 Å². The molecule has 0 bridgehead atoms. The predicted octanol–water partition coefficient (Wildman–Crippen LogP) is 4.41. The van der Waals surface area contributed by atoms with Crippen LogP contribution >= 0.6 is 11.3 Å². The molecule has 7 rings (SSSR count). The number of hydrogen-bond donors (Lipinski definition) is 1. The Kier molecular flexibility index (Phi) is 6.56. The number of methoxy groups -OCH3 is 1. The third-order valence-corrected chi connectivity index (χ3v) is 9.24. The number of carboxylic acid groups (broad SMARTS) is 1. The maximum absolute atomic E-state index is 11.5. The molecule has 0 radical (unpaired) electrons. The van der Waals surface area contributed by atoms with Gasteiger partial charge in [-0.25, -0.2) is 9.78 Å². The minimum atomic E-state index is -1.06. The number of aromatic carboxylic acids is 1. The summed E-state index contributed by atoms with van der Waals surface area (Å²) in [5.74, 6) is 1.24. The Labute approximate surface area is 240 Å². The number of hydrogen-bond acceptors (Lipinski definition) is 10. The molecule has 3 aliphatic heterocycles. The number of rotatable bonds is 8. The quantitative estimate of drug-likeness (QED) is 0.322. The van der Waals surface area contributed by atoms with E-state index in [1.54, 1.807) is 19.2 Å². The van der Waals surface area contributed by atoms with E-state index in [4.69, 9.17) is 23.9 Å². The molecule has 3 aliphatic rings. The summed E-state index contributed by atoms with van der Waals surface area (Å²) < 4.78 is 25.7. The van der Waals surface area contributed by atoms with E-state index in [1.807, 2.05) is 25.1 Å². The number of fused-ring (bicyclic) bond motifs is 2. The van der Waals surface area contributed by atoms with Gasteiger partial charge in [0.05, 0.1) is 31.8 Å². The van der Waals surface area contributed by atoms with Crippen LogP contribution in [0, 0.1) is 0 Å². The van der Waals surface area contributed by atoms with Crippen molar-refractivity contribution in [3.05, 3.63) is 58.4 Å². The molecule has 0 amide bonds. The largest absolute Gasteiger partial charge is 0.480 e. The number of imidazole rings is 1. The molecule has 0 spiro atoms. The third-order valence-electron chi connectivity index (χ3n) is 8.23. The molecule has 214 valence electrons. The molecule has 12 heteroatoms. The van der Waals surface area contributed by atoms with Gasteiger partial charge in [0, 0.05) is 25.2 Å². The van der Waals surface area contributed by atoms with Crippen LogP contribution in [0.1, 0.15) is 58.9 Å². The summed E-state index contributed by atoms with van der Waals surface area (Å²) in [6, 6.07) is 11.4. The van der Waals surface area contributed by atoms with E-state index in [9.17, 15) is 9.90 Å². The van der Waals surface area contributed by atoms with Crippen LogP contribution in [-0.2, 0) is 23.6 Å². The van der Waals surface area contributed by atoms with E-state index in [2.05, 4.69) is 25.7 Å². The predicted molar refractivity (Wildman–Crippen MR) is 150 cm³/mol. The van der Waals surface area contributed by atoms with Crippen molar-refractivity contribution in [2.75, 3.05) is 26.8 Å². The van der Waals surface area contributed by atoms with E-state index < -0.39 is 11.8 Å². The number of carbonyl (C=O) groups is 1. The SMILES string of the molecule is COc1ccc([C@]2(C)Oc3cccc(C4CCN(Cc5nc6sc(C(=O)O)cc6n5C[C@@H]5CCO5)CC4)c3O2)nn1. The lowest BCUT2D eigenvalue weighted by Gasteiger charge is -2.33. The van der Waals surface area contributed by atoms with E-state index >= 15 is 0 Å². The van der Waals surface area contributed by atoms with Crippen molar-refractivity contribution >= 4 is 27.7 Å². The van der Waals surface area contributed by atoms with Crippen molar-refractivity contribution in [3.63, 3.8) is 0 Å². The molecule has 1 aromatic carbocycles. The molecule has 1 N–H and O–H groups in total. The van der Waals surface area contributed by atoms with Crippen LogP contribution in [0.4, 0.5) is 0 Å². The first-order chi connectivity index (χ1) is 19.9. The van der Waals surface area contributed by atoms with Crippen LogP contribution in [0.3, 0.4) is 0 Å². The summed E-state index contributed by atoms with van der Waals surface area (Å²) in [5, 5.41) is 17.8. The van der Waals surface area contributed by atoms with Gasteiger partial charge in [0.15, 0.2) is 11.5 Å². The fourth-order valence-electron chi connectivity index (χ4n) is 5.87. The van der Waals surface area contributed by atoms with Gasteiger partial charge in [-0.1, -0.05) is 12.1 Å². The first kappa shape index (κ1) is 26.2. The summed E-state index contributed by atoms with van der Waals surface area (Å²) >= 11 is 1.23. The van der Waals surface area contributed by atoms with E-state index in [-0.39, 0.29) is 6.10 Å². The second-order valence-corrected chi connectivity index (χ2v) is 11.9. The lowest BCUT2D eigenvalue weighted by atomic mass is 9.88. The van der Waals surface area contributed by atoms with Gasteiger partial charge in [0.1, 0.15) is 21.2 Å². The number of benzene rings is 1. The van der Waals surface area contributed by atoms with Crippen LogP contribution < -0.4 is 14.2 Å².